The van der Waals surface area contributed by atoms with Crippen LogP contribution in [0.1, 0.15) is 20.7 Å². The van der Waals surface area contributed by atoms with E-state index >= 15 is 0 Å². The molecule has 0 unspecified atom stereocenters. The lowest BCUT2D eigenvalue weighted by Crippen LogP contribution is -2.13. The fraction of sp³-hybridized carbons (Fsp3) is 0. The Balaban J connectivity index is 1.58. The van der Waals surface area contributed by atoms with E-state index in [-0.39, 0.29) is 22.5 Å². The van der Waals surface area contributed by atoms with Gasteiger partial charge in [-0.25, -0.2) is 0 Å². The molecular weight excluding hydrogens is 440 g/mol. The second kappa shape index (κ2) is 9.17. The van der Waals surface area contributed by atoms with Gasteiger partial charge in [-0.15, -0.1) is 0 Å². The maximum Gasteiger partial charge on any atom is 0.269 e. The Bertz CT molecular complexity index is 1320. The summed E-state index contributed by atoms with van der Waals surface area (Å²) in [6, 6.07) is 20.9. The van der Waals surface area contributed by atoms with Crippen LogP contribution in [0.3, 0.4) is 0 Å². The van der Waals surface area contributed by atoms with Crippen LogP contribution in [0.4, 0.5) is 22.7 Å². The molecule has 0 aliphatic rings. The van der Waals surface area contributed by atoms with Gasteiger partial charge in [-0.05, 0) is 36.4 Å². The summed E-state index contributed by atoms with van der Waals surface area (Å²) in [5.41, 5.74) is 1.26. The van der Waals surface area contributed by atoms with Crippen LogP contribution in [0.25, 0.3) is 10.8 Å². The van der Waals surface area contributed by atoms with Crippen LogP contribution < -0.4 is 10.6 Å². The highest BCUT2D eigenvalue weighted by Crippen LogP contribution is 2.30. The zero-order valence-corrected chi connectivity index (χ0v) is 17.4. The van der Waals surface area contributed by atoms with E-state index in [0.29, 0.717) is 22.1 Å². The summed E-state index contributed by atoms with van der Waals surface area (Å²) in [7, 11) is 0. The van der Waals surface area contributed by atoms with Gasteiger partial charge in [0.05, 0.1) is 9.85 Å². The van der Waals surface area contributed by atoms with Crippen molar-refractivity contribution in [3.63, 3.8) is 0 Å². The van der Waals surface area contributed by atoms with Crippen molar-refractivity contribution in [3.05, 3.63) is 116 Å². The molecule has 2 N–H and O–H groups in total. The first-order valence-electron chi connectivity index (χ1n) is 9.97. The van der Waals surface area contributed by atoms with Crippen molar-refractivity contribution in [2.24, 2.45) is 0 Å². The minimum atomic E-state index is -0.543. The smallest absolute Gasteiger partial charge is 0.269 e. The first-order valence-corrected chi connectivity index (χ1v) is 9.97. The SMILES string of the molecule is O=C(Nc1cccc2c(NC(=O)c3ccc([N+](=O)[O-])cc3)cccc12)c1ccc([N+](=O)[O-])cc1. The van der Waals surface area contributed by atoms with Crippen LogP contribution in [0.5, 0.6) is 0 Å². The number of fused-ring (bicyclic) bond motifs is 1. The molecule has 10 heteroatoms. The molecule has 4 aromatic carbocycles. The summed E-state index contributed by atoms with van der Waals surface area (Å²) < 4.78 is 0. The Morgan fingerprint density at radius 2 is 0.912 bits per heavy atom. The average Bonchev–Trinajstić information content (AvgIpc) is 2.84. The van der Waals surface area contributed by atoms with E-state index < -0.39 is 21.7 Å². The molecular formula is C24H16N4O6. The molecule has 0 saturated heterocycles. The number of anilines is 2. The van der Waals surface area contributed by atoms with Gasteiger partial charge >= 0.3 is 0 Å². The predicted octanol–water partition coefficient (Wildman–Crippen LogP) is 5.16. The summed E-state index contributed by atoms with van der Waals surface area (Å²) >= 11 is 0. The summed E-state index contributed by atoms with van der Waals surface area (Å²) in [5, 5.41) is 28.5. The van der Waals surface area contributed by atoms with Gasteiger partial charge in [0.15, 0.2) is 0 Å². The van der Waals surface area contributed by atoms with Crippen LogP contribution in [-0.2, 0) is 0 Å². The van der Waals surface area contributed by atoms with Crippen molar-refractivity contribution in [3.8, 4) is 0 Å². The number of carbonyl (C=O) groups excluding carboxylic acids is 2. The van der Waals surface area contributed by atoms with Gasteiger partial charge in [0.1, 0.15) is 0 Å². The molecule has 0 aromatic heterocycles. The highest BCUT2D eigenvalue weighted by molar-refractivity contribution is 6.14. The van der Waals surface area contributed by atoms with E-state index in [4.69, 9.17) is 0 Å². The molecule has 4 aromatic rings. The van der Waals surface area contributed by atoms with Crippen LogP contribution >= 0.6 is 0 Å². The Labute approximate surface area is 192 Å². The number of carbonyl (C=O) groups is 2. The van der Waals surface area contributed by atoms with Crippen molar-refractivity contribution < 1.29 is 19.4 Å². The minimum Gasteiger partial charge on any atom is -0.321 e. The van der Waals surface area contributed by atoms with Crippen LogP contribution in [0.2, 0.25) is 0 Å². The maximum absolute atomic E-state index is 12.7. The Hall–Kier alpha value is -5.12. The summed E-state index contributed by atoms with van der Waals surface area (Å²) in [6.45, 7) is 0. The molecule has 0 aliphatic heterocycles. The average molecular weight is 456 g/mol. The number of non-ortho nitro benzene ring substituents is 2. The molecule has 10 nitrogen and oxygen atoms in total. The van der Waals surface area contributed by atoms with E-state index in [9.17, 15) is 29.8 Å². The normalized spacial score (nSPS) is 10.5. The van der Waals surface area contributed by atoms with E-state index in [1.165, 1.54) is 48.5 Å². The first kappa shape index (κ1) is 22.1. The first-order chi connectivity index (χ1) is 16.3. The largest absolute Gasteiger partial charge is 0.321 e. The van der Waals surface area contributed by atoms with E-state index in [1.54, 1.807) is 36.4 Å². The molecule has 0 saturated carbocycles. The van der Waals surface area contributed by atoms with Gasteiger partial charge in [-0.2, -0.15) is 0 Å². The second-order valence-corrected chi connectivity index (χ2v) is 7.22. The van der Waals surface area contributed by atoms with Crippen LogP contribution in [0.15, 0.2) is 84.9 Å². The second-order valence-electron chi connectivity index (χ2n) is 7.22. The third-order valence-corrected chi connectivity index (χ3v) is 5.10. The molecule has 4 rings (SSSR count). The number of nitro groups is 2. The molecule has 0 aliphatic carbocycles. The molecule has 34 heavy (non-hydrogen) atoms. The monoisotopic (exact) mass is 456 g/mol. The topological polar surface area (TPSA) is 144 Å². The molecule has 0 fully saturated rings. The van der Waals surface area contributed by atoms with Crippen molar-refractivity contribution in [1.29, 1.82) is 0 Å². The number of amides is 2. The van der Waals surface area contributed by atoms with Crippen LogP contribution in [0, 0.1) is 20.2 Å². The third kappa shape index (κ3) is 4.55. The van der Waals surface area contributed by atoms with E-state index in [1.807, 2.05) is 0 Å². The minimum absolute atomic E-state index is 0.116. The number of nitrogens with one attached hydrogen (secondary N) is 2. The number of hydrogen-bond acceptors (Lipinski definition) is 6. The van der Waals surface area contributed by atoms with Crippen molar-refractivity contribution >= 4 is 45.3 Å². The van der Waals surface area contributed by atoms with Gasteiger partial charge in [0.25, 0.3) is 23.2 Å². The van der Waals surface area contributed by atoms with Gasteiger partial charge in [-0.3, -0.25) is 29.8 Å². The van der Waals surface area contributed by atoms with Crippen molar-refractivity contribution in [2.45, 2.75) is 0 Å². The summed E-state index contributed by atoms with van der Waals surface area (Å²) in [4.78, 5) is 45.9. The number of hydrogen-bond donors (Lipinski definition) is 2. The lowest BCUT2D eigenvalue weighted by atomic mass is 10.1. The fourth-order valence-electron chi connectivity index (χ4n) is 3.39. The van der Waals surface area contributed by atoms with Gasteiger partial charge in [0, 0.05) is 57.5 Å². The zero-order chi connectivity index (χ0) is 24.2. The van der Waals surface area contributed by atoms with Gasteiger partial charge in [0.2, 0.25) is 0 Å². The highest BCUT2D eigenvalue weighted by atomic mass is 16.6. The van der Waals surface area contributed by atoms with E-state index in [2.05, 4.69) is 10.6 Å². The molecule has 0 heterocycles. The lowest BCUT2D eigenvalue weighted by Gasteiger charge is -2.13. The molecule has 0 atom stereocenters. The number of nitro benzene ring substituents is 2. The highest BCUT2D eigenvalue weighted by Gasteiger charge is 2.14. The molecule has 0 radical (unpaired) electrons. The van der Waals surface area contributed by atoms with Crippen LogP contribution in [-0.4, -0.2) is 21.7 Å². The maximum atomic E-state index is 12.7. The Morgan fingerprint density at radius 3 is 1.24 bits per heavy atom. The molecule has 168 valence electrons. The lowest BCUT2D eigenvalue weighted by molar-refractivity contribution is -0.385. The van der Waals surface area contributed by atoms with Gasteiger partial charge in [-0.1, -0.05) is 24.3 Å². The zero-order valence-electron chi connectivity index (χ0n) is 17.4. The summed E-state index contributed by atoms with van der Waals surface area (Å²) in [5.74, 6) is -0.884. The quantitative estimate of drug-likeness (QED) is 0.303. The number of nitrogens with zero attached hydrogens (tertiary/aromatic N) is 2. The fourth-order valence-corrected chi connectivity index (χ4v) is 3.39. The third-order valence-electron chi connectivity index (χ3n) is 5.10. The summed E-state index contributed by atoms with van der Waals surface area (Å²) in [6.07, 6.45) is 0. The Kier molecular flexibility index (Phi) is 5.95. The Morgan fingerprint density at radius 1 is 0.559 bits per heavy atom. The van der Waals surface area contributed by atoms with E-state index in [0.717, 1.165) is 0 Å². The van der Waals surface area contributed by atoms with Crippen molar-refractivity contribution in [2.75, 3.05) is 10.6 Å². The molecule has 0 spiro atoms. The number of benzene rings is 4. The van der Waals surface area contributed by atoms with Crippen molar-refractivity contribution in [1.82, 2.24) is 0 Å². The molecule has 2 amide bonds. The number of rotatable bonds is 6. The van der Waals surface area contributed by atoms with Gasteiger partial charge < -0.3 is 10.6 Å². The predicted molar refractivity (Wildman–Crippen MR) is 126 cm³/mol. The standard InChI is InChI=1S/C24H16N4O6/c29-23(15-7-11-17(12-8-15)27(31)32)25-21-5-1-3-19-20(21)4-2-6-22(19)26-24(30)16-9-13-18(14-10-16)28(33)34/h1-14H,(H,25,29)(H,26,30). The molecule has 0 bridgehead atoms.